The number of benzene rings is 2. The lowest BCUT2D eigenvalue weighted by atomic mass is 10.1. The molecule has 1 heterocycles. The molecule has 0 aromatic heterocycles. The monoisotopic (exact) mass is 502 g/mol. The molecule has 0 atom stereocenters. The summed E-state index contributed by atoms with van der Waals surface area (Å²) in [6, 6.07) is 14.0. The van der Waals surface area contributed by atoms with E-state index in [-0.39, 0.29) is 10.2 Å². The number of hydrazine groups is 1. The Morgan fingerprint density at radius 1 is 1.06 bits per heavy atom. The van der Waals surface area contributed by atoms with E-state index < -0.39 is 5.91 Å². The molecule has 5 nitrogen and oxygen atoms in total. The molecule has 2 amide bonds. The number of nitrogens with one attached hydrogen (secondary N) is 1. The van der Waals surface area contributed by atoms with E-state index in [0.717, 1.165) is 34.5 Å². The van der Waals surface area contributed by atoms with Crippen LogP contribution in [-0.2, 0) is 4.79 Å². The average molecular weight is 503 g/mol. The van der Waals surface area contributed by atoms with Crippen molar-refractivity contribution in [2.24, 2.45) is 0 Å². The molecule has 0 radical (unpaired) electrons. The van der Waals surface area contributed by atoms with E-state index in [1.165, 1.54) is 32.1 Å². The van der Waals surface area contributed by atoms with E-state index in [1.54, 1.807) is 30.3 Å². The number of amides is 2. The summed E-state index contributed by atoms with van der Waals surface area (Å²) in [5, 5.41) is 1.62. The summed E-state index contributed by atoms with van der Waals surface area (Å²) >= 11 is 12.3. The van der Waals surface area contributed by atoms with Crippen LogP contribution in [0.5, 0.6) is 5.75 Å². The highest BCUT2D eigenvalue weighted by Gasteiger charge is 2.33. The van der Waals surface area contributed by atoms with Gasteiger partial charge in [-0.05, 0) is 66.7 Å². The number of nitrogens with zero attached hydrogens (tertiary/aromatic N) is 1. The first-order valence-electron chi connectivity index (χ1n) is 11.1. The van der Waals surface area contributed by atoms with Gasteiger partial charge < -0.3 is 4.74 Å². The van der Waals surface area contributed by atoms with Gasteiger partial charge in [0.05, 0.1) is 11.5 Å². The first-order valence-corrected chi connectivity index (χ1v) is 12.7. The van der Waals surface area contributed by atoms with Gasteiger partial charge in [-0.3, -0.25) is 15.0 Å². The first-order chi connectivity index (χ1) is 16.0. The number of ether oxygens (including phenoxy) is 1. The van der Waals surface area contributed by atoms with Crippen LogP contribution >= 0.6 is 35.6 Å². The van der Waals surface area contributed by atoms with Crippen molar-refractivity contribution in [1.82, 2.24) is 10.4 Å². The molecule has 8 heteroatoms. The van der Waals surface area contributed by atoms with Crippen molar-refractivity contribution in [3.63, 3.8) is 0 Å². The zero-order chi connectivity index (χ0) is 23.6. The number of unbranched alkanes of at least 4 members (excludes halogenated alkanes) is 5. The van der Waals surface area contributed by atoms with Gasteiger partial charge in [0, 0.05) is 10.6 Å². The number of thiocarbonyl (C=S) groups is 1. The van der Waals surface area contributed by atoms with Crippen LogP contribution in [0.4, 0.5) is 0 Å². The molecule has 1 N–H and O–H groups in total. The van der Waals surface area contributed by atoms with Crippen molar-refractivity contribution in [1.29, 1.82) is 0 Å². The number of thioether (sulfide) groups is 1. The Bertz CT molecular complexity index is 1010. The lowest BCUT2D eigenvalue weighted by Gasteiger charge is -2.15. The molecule has 1 aliphatic rings. The highest BCUT2D eigenvalue weighted by atomic mass is 35.5. The second-order valence-electron chi connectivity index (χ2n) is 7.65. The summed E-state index contributed by atoms with van der Waals surface area (Å²) in [4.78, 5) is 25.6. The SMILES string of the molecule is CCCCCCCCOc1ccc(C=C2SC(=S)N(NC(=O)c3ccc(Cl)cc3)C2=O)cc1. The maximum absolute atomic E-state index is 12.8. The van der Waals surface area contributed by atoms with Gasteiger partial charge in [0.15, 0.2) is 4.32 Å². The van der Waals surface area contributed by atoms with Crippen molar-refractivity contribution in [2.75, 3.05) is 6.61 Å². The highest BCUT2D eigenvalue weighted by Crippen LogP contribution is 2.31. The number of carbonyl (C=O) groups excluding carboxylic acids is 2. The van der Waals surface area contributed by atoms with Crippen molar-refractivity contribution in [3.05, 3.63) is 69.6 Å². The predicted molar refractivity (Wildman–Crippen MR) is 139 cm³/mol. The summed E-state index contributed by atoms with van der Waals surface area (Å²) in [7, 11) is 0. The normalized spacial score (nSPS) is 14.7. The number of hydrogen-bond donors (Lipinski definition) is 1. The molecule has 0 bridgehead atoms. The lowest BCUT2D eigenvalue weighted by molar-refractivity contribution is -0.123. The van der Waals surface area contributed by atoms with Gasteiger partial charge in [0.1, 0.15) is 5.75 Å². The minimum absolute atomic E-state index is 0.271. The van der Waals surface area contributed by atoms with E-state index in [2.05, 4.69) is 12.3 Å². The number of carbonyl (C=O) groups is 2. The smallest absolute Gasteiger partial charge is 0.285 e. The minimum atomic E-state index is -0.434. The van der Waals surface area contributed by atoms with Gasteiger partial charge in [-0.15, -0.1) is 0 Å². The molecule has 0 saturated carbocycles. The Labute approximate surface area is 209 Å². The molecule has 0 spiro atoms. The molecular weight excluding hydrogens is 476 g/mol. The van der Waals surface area contributed by atoms with Crippen molar-refractivity contribution < 1.29 is 14.3 Å². The fraction of sp³-hybridized carbons (Fsp3) is 0.320. The second-order valence-corrected chi connectivity index (χ2v) is 9.76. The molecule has 1 aliphatic heterocycles. The lowest BCUT2D eigenvalue weighted by Crippen LogP contribution is -2.44. The van der Waals surface area contributed by atoms with Gasteiger partial charge in [0.2, 0.25) is 0 Å². The Kier molecular flexibility index (Phi) is 9.78. The molecular formula is C25H27ClN2O3S2. The molecule has 2 aromatic rings. The van der Waals surface area contributed by atoms with E-state index in [0.29, 0.717) is 22.1 Å². The Hall–Kier alpha value is -2.35. The van der Waals surface area contributed by atoms with Gasteiger partial charge >= 0.3 is 0 Å². The standard InChI is InChI=1S/C25H27ClN2O3S2/c1-2-3-4-5-6-7-16-31-21-14-8-18(9-15-21)17-22-24(30)28(25(32)33-22)27-23(29)19-10-12-20(26)13-11-19/h8-15,17H,2-7,16H2,1H3,(H,27,29). The third-order valence-electron chi connectivity index (χ3n) is 5.06. The Balaban J connectivity index is 1.52. The summed E-state index contributed by atoms with van der Waals surface area (Å²) in [6.07, 6.45) is 9.10. The molecule has 1 saturated heterocycles. The van der Waals surface area contributed by atoms with Crippen LogP contribution in [0, 0.1) is 0 Å². The van der Waals surface area contributed by atoms with E-state index in [4.69, 9.17) is 28.6 Å². The number of rotatable bonds is 11. The second kappa shape index (κ2) is 12.8. The van der Waals surface area contributed by atoms with Crippen LogP contribution in [0.2, 0.25) is 5.02 Å². The zero-order valence-corrected chi connectivity index (χ0v) is 20.9. The quantitative estimate of drug-likeness (QED) is 0.212. The van der Waals surface area contributed by atoms with Crippen LogP contribution in [0.25, 0.3) is 6.08 Å². The van der Waals surface area contributed by atoms with Crippen molar-refractivity contribution >= 4 is 57.8 Å². The van der Waals surface area contributed by atoms with Crippen LogP contribution in [0.3, 0.4) is 0 Å². The molecule has 33 heavy (non-hydrogen) atoms. The molecule has 174 valence electrons. The summed E-state index contributed by atoms with van der Waals surface area (Å²) in [6.45, 7) is 2.92. The zero-order valence-electron chi connectivity index (χ0n) is 18.5. The molecule has 0 unspecified atom stereocenters. The molecule has 2 aromatic carbocycles. The van der Waals surface area contributed by atoms with Crippen molar-refractivity contribution in [2.45, 2.75) is 45.4 Å². The van der Waals surface area contributed by atoms with Gasteiger partial charge in [-0.25, -0.2) is 0 Å². The molecule has 0 aliphatic carbocycles. The third kappa shape index (κ3) is 7.59. The van der Waals surface area contributed by atoms with E-state index >= 15 is 0 Å². The third-order valence-corrected chi connectivity index (χ3v) is 6.61. The summed E-state index contributed by atoms with van der Waals surface area (Å²) in [5.41, 5.74) is 3.80. The van der Waals surface area contributed by atoms with Crippen LogP contribution < -0.4 is 10.2 Å². The highest BCUT2D eigenvalue weighted by molar-refractivity contribution is 8.26. The van der Waals surface area contributed by atoms with Crippen molar-refractivity contribution in [3.8, 4) is 5.75 Å². The van der Waals surface area contributed by atoms with Crippen LogP contribution in [-0.4, -0.2) is 27.8 Å². The topological polar surface area (TPSA) is 58.6 Å². The summed E-state index contributed by atoms with van der Waals surface area (Å²) in [5.74, 6) is 0.00952. The fourth-order valence-corrected chi connectivity index (χ4v) is 4.52. The van der Waals surface area contributed by atoms with Gasteiger partial charge in [-0.1, -0.05) is 74.5 Å². The maximum atomic E-state index is 12.8. The van der Waals surface area contributed by atoms with Gasteiger partial charge in [0.25, 0.3) is 11.8 Å². The largest absolute Gasteiger partial charge is 0.494 e. The molecule has 1 fully saturated rings. The van der Waals surface area contributed by atoms with E-state index in [1.807, 2.05) is 24.3 Å². The predicted octanol–water partition coefficient (Wildman–Crippen LogP) is 6.63. The fourth-order valence-electron chi connectivity index (χ4n) is 3.22. The first kappa shape index (κ1) is 25.3. The summed E-state index contributed by atoms with van der Waals surface area (Å²) < 4.78 is 6.08. The number of halogens is 1. The number of hydrogen-bond acceptors (Lipinski definition) is 5. The molecule has 3 rings (SSSR count). The maximum Gasteiger partial charge on any atom is 0.285 e. The van der Waals surface area contributed by atoms with Crippen LogP contribution in [0.1, 0.15) is 61.4 Å². The Morgan fingerprint density at radius 2 is 1.73 bits per heavy atom. The van der Waals surface area contributed by atoms with Gasteiger partial charge in [-0.2, -0.15) is 5.01 Å². The minimum Gasteiger partial charge on any atom is -0.494 e. The Morgan fingerprint density at radius 3 is 2.42 bits per heavy atom. The average Bonchev–Trinajstić information content (AvgIpc) is 3.07. The van der Waals surface area contributed by atoms with E-state index in [9.17, 15) is 9.59 Å². The van der Waals surface area contributed by atoms with Crippen LogP contribution in [0.15, 0.2) is 53.4 Å².